The monoisotopic (exact) mass is 484 g/mol. The second-order valence-electron chi connectivity index (χ2n) is 13.1. The second kappa shape index (κ2) is 9.23. The third-order valence-corrected chi connectivity index (χ3v) is 11.2. The first-order chi connectivity index (χ1) is 15.8. The van der Waals surface area contributed by atoms with Crippen molar-refractivity contribution in [2.75, 3.05) is 6.61 Å². The number of hydrogen-bond acceptors (Lipinski definition) is 7. The molecule has 34 heavy (non-hydrogen) atoms. The molecule has 0 amide bonds. The van der Waals surface area contributed by atoms with E-state index >= 15 is 0 Å². The Labute approximate surface area is 204 Å². The summed E-state index contributed by atoms with van der Waals surface area (Å²) < 4.78 is 0. The predicted molar refractivity (Wildman–Crippen MR) is 128 cm³/mol. The van der Waals surface area contributed by atoms with Gasteiger partial charge in [-0.3, -0.25) is 0 Å². The van der Waals surface area contributed by atoms with E-state index in [-0.39, 0.29) is 36.2 Å². The minimum atomic E-state index is -1.71. The number of fused-ring (bicyclic) bond motifs is 5. The Kier molecular flexibility index (Phi) is 7.27. The van der Waals surface area contributed by atoms with Gasteiger partial charge in [0.05, 0.1) is 24.4 Å². The average molecular weight is 485 g/mol. The summed E-state index contributed by atoms with van der Waals surface area (Å²) in [6.07, 6.45) is 0.370. The normalized spacial score (nSPS) is 54.6. The Morgan fingerprint density at radius 2 is 1.50 bits per heavy atom. The summed E-state index contributed by atoms with van der Waals surface area (Å²) in [4.78, 5) is 0. The SMILES string of the molecule is C[C@H](CO)CCC[C@@H](C)[C@H]1[C@@H](O)[C@@H](O)C2[C@@]3(O)C(CC[C@@]21C)[C@@]1(C)CC[C@H](O)CC1[C@H](O)[C@H]3O. The van der Waals surface area contributed by atoms with Gasteiger partial charge in [0.1, 0.15) is 11.7 Å². The van der Waals surface area contributed by atoms with Gasteiger partial charge < -0.3 is 35.7 Å². The predicted octanol–water partition coefficient (Wildman–Crippen LogP) is 1.44. The molecule has 4 saturated carbocycles. The first kappa shape index (κ1) is 26.8. The van der Waals surface area contributed by atoms with Crippen LogP contribution in [0.25, 0.3) is 0 Å². The first-order valence-corrected chi connectivity index (χ1v) is 13.6. The molecule has 4 aliphatic rings. The highest BCUT2D eigenvalue weighted by molar-refractivity contribution is 5.24. The van der Waals surface area contributed by atoms with Crippen LogP contribution in [0.4, 0.5) is 0 Å². The lowest BCUT2D eigenvalue weighted by Crippen LogP contribution is -2.75. The fraction of sp³-hybridized carbons (Fsp3) is 1.00. The zero-order chi connectivity index (χ0) is 25.2. The van der Waals surface area contributed by atoms with Gasteiger partial charge in [-0.25, -0.2) is 0 Å². The first-order valence-electron chi connectivity index (χ1n) is 13.6. The molecule has 7 nitrogen and oxygen atoms in total. The van der Waals surface area contributed by atoms with Gasteiger partial charge in [0, 0.05) is 12.5 Å². The van der Waals surface area contributed by atoms with Gasteiger partial charge in [0.2, 0.25) is 0 Å². The molecule has 0 spiro atoms. The van der Waals surface area contributed by atoms with Crippen molar-refractivity contribution < 1.29 is 35.7 Å². The molecule has 0 heterocycles. The van der Waals surface area contributed by atoms with Crippen molar-refractivity contribution in [3.8, 4) is 0 Å². The summed E-state index contributed by atoms with van der Waals surface area (Å²) in [7, 11) is 0. The van der Waals surface area contributed by atoms with Crippen LogP contribution in [-0.4, -0.2) is 78.5 Å². The van der Waals surface area contributed by atoms with E-state index in [1.807, 2.05) is 13.8 Å². The van der Waals surface area contributed by atoms with Crippen molar-refractivity contribution in [3.63, 3.8) is 0 Å². The highest BCUT2D eigenvalue weighted by atomic mass is 16.4. The Bertz CT molecular complexity index is 734. The van der Waals surface area contributed by atoms with Crippen LogP contribution in [0.2, 0.25) is 0 Å². The molecule has 198 valence electrons. The Morgan fingerprint density at radius 1 is 0.853 bits per heavy atom. The molecular weight excluding hydrogens is 436 g/mol. The smallest absolute Gasteiger partial charge is 0.109 e. The highest BCUT2D eigenvalue weighted by Crippen LogP contribution is 2.69. The van der Waals surface area contributed by atoms with E-state index < -0.39 is 52.9 Å². The van der Waals surface area contributed by atoms with Crippen LogP contribution in [-0.2, 0) is 0 Å². The standard InChI is InChI=1S/C27H48O7/c1-14(13-28)6-5-7-15(2)19-21(31)22(32)23-26(19,4)11-9-18-25(3)10-8-16(29)12-17(25)20(30)24(33)27(18,23)34/h14-24,28-34H,5-13H2,1-4H3/t14-,15+,16-,17?,18?,19-,20-,21+,22+,23?,24+,25-,26+,27-/m0/s1. The maximum atomic E-state index is 12.3. The Hall–Kier alpha value is -0.280. The van der Waals surface area contributed by atoms with Crippen LogP contribution in [0, 0.1) is 46.3 Å². The number of aliphatic hydroxyl groups is 7. The minimum Gasteiger partial charge on any atom is -0.396 e. The maximum Gasteiger partial charge on any atom is 0.109 e. The number of aliphatic hydroxyl groups excluding tert-OH is 6. The van der Waals surface area contributed by atoms with Crippen molar-refractivity contribution in [1.29, 1.82) is 0 Å². The molecule has 0 aromatic heterocycles. The van der Waals surface area contributed by atoms with E-state index in [9.17, 15) is 35.7 Å². The van der Waals surface area contributed by atoms with Gasteiger partial charge in [-0.05, 0) is 78.9 Å². The third kappa shape index (κ3) is 3.72. The van der Waals surface area contributed by atoms with Crippen LogP contribution in [0.3, 0.4) is 0 Å². The van der Waals surface area contributed by atoms with Gasteiger partial charge >= 0.3 is 0 Å². The molecule has 7 heteroatoms. The minimum absolute atomic E-state index is 0.101. The zero-order valence-corrected chi connectivity index (χ0v) is 21.3. The van der Waals surface area contributed by atoms with Gasteiger partial charge in [-0.1, -0.05) is 40.5 Å². The molecule has 7 N–H and O–H groups in total. The summed E-state index contributed by atoms with van der Waals surface area (Å²) in [6, 6.07) is 0. The molecule has 4 fully saturated rings. The third-order valence-electron chi connectivity index (χ3n) is 11.2. The molecule has 14 atom stereocenters. The van der Waals surface area contributed by atoms with Crippen molar-refractivity contribution >= 4 is 0 Å². The van der Waals surface area contributed by atoms with Gasteiger partial charge in [0.25, 0.3) is 0 Å². The number of rotatable bonds is 6. The lowest BCUT2D eigenvalue weighted by molar-refractivity contribution is -0.309. The summed E-state index contributed by atoms with van der Waals surface area (Å²) >= 11 is 0. The van der Waals surface area contributed by atoms with Gasteiger partial charge in [-0.2, -0.15) is 0 Å². The van der Waals surface area contributed by atoms with E-state index in [4.69, 9.17) is 0 Å². The van der Waals surface area contributed by atoms with Crippen LogP contribution >= 0.6 is 0 Å². The van der Waals surface area contributed by atoms with Crippen molar-refractivity contribution in [2.24, 2.45) is 46.3 Å². The molecule has 4 rings (SSSR count). The van der Waals surface area contributed by atoms with Crippen LogP contribution in [0.1, 0.15) is 79.1 Å². The fourth-order valence-electron chi connectivity index (χ4n) is 9.52. The second-order valence-corrected chi connectivity index (χ2v) is 13.1. The topological polar surface area (TPSA) is 142 Å². The van der Waals surface area contributed by atoms with E-state index in [1.165, 1.54) is 0 Å². The van der Waals surface area contributed by atoms with E-state index in [2.05, 4.69) is 13.8 Å². The van der Waals surface area contributed by atoms with Crippen molar-refractivity contribution in [3.05, 3.63) is 0 Å². The van der Waals surface area contributed by atoms with E-state index in [1.54, 1.807) is 0 Å². The van der Waals surface area contributed by atoms with Crippen LogP contribution in [0.5, 0.6) is 0 Å². The largest absolute Gasteiger partial charge is 0.396 e. The molecule has 3 unspecified atom stereocenters. The summed E-state index contributed by atoms with van der Waals surface area (Å²) in [5, 5.41) is 77.2. The van der Waals surface area contributed by atoms with E-state index in [0.29, 0.717) is 25.7 Å². The molecule has 0 aromatic carbocycles. The molecular formula is C27H48O7. The average Bonchev–Trinajstić information content (AvgIpc) is 2.99. The molecule has 0 radical (unpaired) electrons. The molecule has 0 aromatic rings. The van der Waals surface area contributed by atoms with Gasteiger partial charge in [-0.15, -0.1) is 0 Å². The van der Waals surface area contributed by atoms with Crippen molar-refractivity contribution in [2.45, 2.75) is 115 Å². The summed E-state index contributed by atoms with van der Waals surface area (Å²) in [5.74, 6) is -1.28. The zero-order valence-electron chi connectivity index (χ0n) is 21.3. The molecule has 0 saturated heterocycles. The fourth-order valence-corrected chi connectivity index (χ4v) is 9.52. The number of hydrogen-bond donors (Lipinski definition) is 7. The van der Waals surface area contributed by atoms with Crippen LogP contribution in [0.15, 0.2) is 0 Å². The summed E-state index contributed by atoms with van der Waals surface area (Å²) in [5.41, 5.74) is -2.74. The maximum absolute atomic E-state index is 12.3. The summed E-state index contributed by atoms with van der Waals surface area (Å²) in [6.45, 7) is 8.38. The quantitative estimate of drug-likeness (QED) is 0.302. The lowest BCUT2D eigenvalue weighted by atomic mass is 9.41. The molecule has 0 bridgehead atoms. The lowest BCUT2D eigenvalue weighted by Gasteiger charge is -2.67. The Balaban J connectivity index is 1.66. The highest BCUT2D eigenvalue weighted by Gasteiger charge is 2.75. The van der Waals surface area contributed by atoms with Gasteiger partial charge in [0.15, 0.2) is 0 Å². The van der Waals surface area contributed by atoms with Crippen LogP contribution < -0.4 is 0 Å². The Morgan fingerprint density at radius 3 is 2.15 bits per heavy atom. The molecule has 4 aliphatic carbocycles. The molecule has 0 aliphatic heterocycles. The van der Waals surface area contributed by atoms with Crippen molar-refractivity contribution in [1.82, 2.24) is 0 Å². The van der Waals surface area contributed by atoms with E-state index in [0.717, 1.165) is 25.7 Å².